The molecular weight excluding hydrogens is 432 g/mol. The summed E-state index contributed by atoms with van der Waals surface area (Å²) in [4.78, 5) is 14.6. The summed E-state index contributed by atoms with van der Waals surface area (Å²) in [5, 5.41) is 10.8. The Morgan fingerprint density at radius 2 is 1.87 bits per heavy atom. The molecule has 0 bridgehead atoms. The third-order valence-electron chi connectivity index (χ3n) is 8.00. The predicted molar refractivity (Wildman–Crippen MR) is 122 cm³/mol. The summed E-state index contributed by atoms with van der Waals surface area (Å²) in [6.07, 6.45) is 7.09. The maximum atomic E-state index is 12.6. The van der Waals surface area contributed by atoms with Crippen LogP contribution < -0.4 is 9.80 Å². The molecule has 4 aliphatic rings. The first-order chi connectivity index (χ1) is 15.1. The van der Waals surface area contributed by atoms with Crippen molar-refractivity contribution in [2.45, 2.75) is 48.5 Å². The van der Waals surface area contributed by atoms with Gasteiger partial charge in [-0.15, -0.1) is 0 Å². The van der Waals surface area contributed by atoms with Crippen LogP contribution >= 0.6 is 11.6 Å². The quantitative estimate of drug-likeness (QED) is 0.755. The molecule has 1 aromatic heterocycles. The van der Waals surface area contributed by atoms with Gasteiger partial charge < -0.3 is 14.9 Å². The molecule has 8 heteroatoms. The van der Waals surface area contributed by atoms with Crippen molar-refractivity contribution in [3.8, 4) is 0 Å². The number of nitrogens with zero attached hydrogens (tertiary/aromatic N) is 4. The zero-order valence-corrected chi connectivity index (χ0v) is 19.0. The fourth-order valence-corrected chi connectivity index (χ4v) is 7.46. The molecule has 6 nitrogen and oxygen atoms in total. The average Bonchev–Trinajstić information content (AvgIpc) is 3.40. The van der Waals surface area contributed by atoms with Crippen molar-refractivity contribution in [1.82, 2.24) is 9.97 Å². The van der Waals surface area contributed by atoms with E-state index in [1.165, 1.54) is 18.4 Å². The van der Waals surface area contributed by atoms with Crippen LogP contribution in [0.2, 0.25) is 5.02 Å². The van der Waals surface area contributed by atoms with E-state index in [4.69, 9.17) is 16.6 Å². The summed E-state index contributed by atoms with van der Waals surface area (Å²) in [5.41, 5.74) is 1.10. The summed E-state index contributed by atoms with van der Waals surface area (Å²) >= 11 is 6.05. The largest absolute Gasteiger partial charge is 0.394 e. The van der Waals surface area contributed by atoms with E-state index in [-0.39, 0.29) is 12.1 Å². The molecule has 3 atom stereocenters. The number of aromatic nitrogens is 2. The first-order valence-electron chi connectivity index (χ1n) is 11.2. The third kappa shape index (κ3) is 3.19. The van der Waals surface area contributed by atoms with E-state index >= 15 is 0 Å². The van der Waals surface area contributed by atoms with Gasteiger partial charge in [-0.25, -0.2) is 4.98 Å². The maximum Gasteiger partial charge on any atom is 0.227 e. The Kier molecular flexibility index (Phi) is 4.78. The van der Waals surface area contributed by atoms with Gasteiger partial charge in [0.2, 0.25) is 5.95 Å². The molecule has 0 radical (unpaired) electrons. The van der Waals surface area contributed by atoms with Crippen LogP contribution in [0.4, 0.5) is 11.8 Å². The smallest absolute Gasteiger partial charge is 0.227 e. The van der Waals surface area contributed by atoms with Crippen LogP contribution in [0.5, 0.6) is 0 Å². The Labute approximate surface area is 190 Å². The number of aliphatic hydroxyl groups excluding tert-OH is 1. The number of anilines is 2. The van der Waals surface area contributed by atoms with E-state index in [1.807, 2.05) is 12.1 Å². The topological polar surface area (TPSA) is 69.6 Å². The number of benzene rings is 1. The molecular formula is C23H27ClN4O2S. The van der Waals surface area contributed by atoms with Gasteiger partial charge in [0.1, 0.15) is 10.8 Å². The molecule has 1 N–H and O–H groups in total. The molecule has 1 saturated heterocycles. The van der Waals surface area contributed by atoms with Gasteiger partial charge in [0.25, 0.3) is 0 Å². The zero-order chi connectivity index (χ0) is 21.2. The minimum atomic E-state index is -1.12. The maximum absolute atomic E-state index is 12.6. The highest BCUT2D eigenvalue weighted by atomic mass is 35.5. The number of aliphatic hydroxyl groups is 1. The van der Waals surface area contributed by atoms with Crippen molar-refractivity contribution in [3.63, 3.8) is 0 Å². The second-order valence-corrected chi connectivity index (χ2v) is 11.5. The van der Waals surface area contributed by atoms with Gasteiger partial charge in [-0.3, -0.25) is 4.21 Å². The van der Waals surface area contributed by atoms with Gasteiger partial charge >= 0.3 is 0 Å². The monoisotopic (exact) mass is 458 g/mol. The molecule has 3 fully saturated rings. The molecule has 2 saturated carbocycles. The molecule has 3 heterocycles. The molecule has 2 aliphatic heterocycles. The van der Waals surface area contributed by atoms with Gasteiger partial charge in [-0.1, -0.05) is 23.7 Å². The summed E-state index contributed by atoms with van der Waals surface area (Å²) < 4.78 is 12.6. The van der Waals surface area contributed by atoms with Crippen molar-refractivity contribution in [3.05, 3.63) is 41.0 Å². The molecule has 1 aromatic carbocycles. The molecule has 164 valence electrons. The highest BCUT2D eigenvalue weighted by molar-refractivity contribution is 7.85. The predicted octanol–water partition coefficient (Wildman–Crippen LogP) is 3.56. The zero-order valence-electron chi connectivity index (χ0n) is 17.4. The second-order valence-electron chi connectivity index (χ2n) is 9.64. The van der Waals surface area contributed by atoms with E-state index < -0.39 is 10.8 Å². The number of hydrogen-bond acceptors (Lipinski definition) is 6. The lowest BCUT2D eigenvalue weighted by Crippen LogP contribution is -2.56. The average molecular weight is 459 g/mol. The van der Waals surface area contributed by atoms with E-state index in [0.717, 1.165) is 49.1 Å². The minimum Gasteiger partial charge on any atom is -0.394 e. The first kappa shape index (κ1) is 19.9. The number of rotatable bonds is 4. The van der Waals surface area contributed by atoms with Crippen LogP contribution in [0.25, 0.3) is 0 Å². The number of hydrogen-bond donors (Lipinski definition) is 1. The van der Waals surface area contributed by atoms with Crippen molar-refractivity contribution in [2.24, 2.45) is 11.8 Å². The molecule has 6 rings (SSSR count). The molecule has 2 aromatic rings. The second kappa shape index (κ2) is 7.42. The summed E-state index contributed by atoms with van der Waals surface area (Å²) in [6.45, 7) is 2.03. The van der Waals surface area contributed by atoms with E-state index in [2.05, 4.69) is 26.9 Å². The molecule has 31 heavy (non-hydrogen) atoms. The lowest BCUT2D eigenvalue weighted by atomic mass is 9.76. The molecule has 2 aliphatic carbocycles. The van der Waals surface area contributed by atoms with Crippen LogP contribution in [0.1, 0.15) is 43.6 Å². The Hall–Kier alpha value is -1.70. The molecule has 0 amide bonds. The normalized spacial score (nSPS) is 30.9. The molecule has 0 spiro atoms. The first-order valence-corrected chi connectivity index (χ1v) is 12.9. The summed E-state index contributed by atoms with van der Waals surface area (Å²) in [7, 11) is -1.12. The van der Waals surface area contributed by atoms with Gasteiger partial charge in [0, 0.05) is 18.1 Å². The van der Waals surface area contributed by atoms with Crippen molar-refractivity contribution < 1.29 is 9.32 Å². The van der Waals surface area contributed by atoms with Crippen molar-refractivity contribution in [1.29, 1.82) is 0 Å². The lowest BCUT2D eigenvalue weighted by molar-refractivity contribution is 0.119. The van der Waals surface area contributed by atoms with Crippen molar-refractivity contribution in [2.75, 3.05) is 35.4 Å². The van der Waals surface area contributed by atoms with E-state index in [0.29, 0.717) is 28.5 Å². The van der Waals surface area contributed by atoms with Gasteiger partial charge in [-0.05, 0) is 67.6 Å². The van der Waals surface area contributed by atoms with E-state index in [1.54, 1.807) is 6.20 Å². The number of halogens is 1. The number of fused-ring (bicyclic) bond motifs is 2. The highest BCUT2D eigenvalue weighted by Crippen LogP contribution is 2.48. The fraction of sp³-hybridized carbons (Fsp3) is 0.565. The van der Waals surface area contributed by atoms with Gasteiger partial charge in [0.15, 0.2) is 5.82 Å². The Morgan fingerprint density at radius 1 is 1.16 bits per heavy atom. The Bertz CT molecular complexity index is 1010. The van der Waals surface area contributed by atoms with Crippen LogP contribution in [0, 0.1) is 11.8 Å². The van der Waals surface area contributed by atoms with Gasteiger partial charge in [-0.2, -0.15) is 4.98 Å². The fourth-order valence-electron chi connectivity index (χ4n) is 6.04. The summed E-state index contributed by atoms with van der Waals surface area (Å²) in [5.74, 6) is 3.84. The third-order valence-corrected chi connectivity index (χ3v) is 9.52. The van der Waals surface area contributed by atoms with Crippen LogP contribution in [-0.2, 0) is 10.8 Å². The minimum absolute atomic E-state index is 0.0862. The SMILES string of the molecule is O=[S@]1CN(C2(CO)CCC2)c2nc(N3CC4CC(c5ccc(Cl)cc5)CC4C3)ncc21. The van der Waals surface area contributed by atoms with E-state index in [9.17, 15) is 9.32 Å². The highest BCUT2D eigenvalue weighted by Gasteiger charge is 2.48. The van der Waals surface area contributed by atoms with Crippen LogP contribution in [0.15, 0.2) is 35.4 Å². The summed E-state index contributed by atoms with van der Waals surface area (Å²) in [6, 6.07) is 8.32. The lowest BCUT2D eigenvalue weighted by Gasteiger charge is -2.47. The standard InChI is InChI=1S/C23H27ClN4O2S/c24-19-4-2-15(3-5-19)16-8-17-11-27(12-18(17)9-16)22-25-10-20-21(26-22)28(14-31(20)30)23(13-29)6-1-7-23/h2-5,10,16-18,29H,1,6-9,11-14H2/t16?,17?,18?,31-/m0/s1. The van der Waals surface area contributed by atoms with Crippen LogP contribution in [0.3, 0.4) is 0 Å². The Morgan fingerprint density at radius 3 is 2.48 bits per heavy atom. The van der Waals surface area contributed by atoms with Crippen LogP contribution in [-0.4, -0.2) is 50.4 Å². The molecule has 2 unspecified atom stereocenters. The van der Waals surface area contributed by atoms with Crippen molar-refractivity contribution >= 4 is 34.2 Å². The van der Waals surface area contributed by atoms with Gasteiger partial charge in [0.05, 0.1) is 29.1 Å². The Balaban J connectivity index is 1.20.